The summed E-state index contributed by atoms with van der Waals surface area (Å²) < 4.78 is 2.22. The van der Waals surface area contributed by atoms with E-state index in [4.69, 9.17) is 5.73 Å². The second kappa shape index (κ2) is 6.86. The van der Waals surface area contributed by atoms with Crippen LogP contribution in [-0.2, 0) is 13.2 Å². The predicted molar refractivity (Wildman–Crippen MR) is 100 cm³/mol. The first-order valence-corrected chi connectivity index (χ1v) is 8.88. The molecule has 1 saturated heterocycles. The van der Waals surface area contributed by atoms with Crippen LogP contribution in [0.3, 0.4) is 0 Å². The maximum Gasteiger partial charge on any atom is 0.135 e. The van der Waals surface area contributed by atoms with Gasteiger partial charge in [-0.05, 0) is 36.6 Å². The Bertz CT molecular complexity index is 851. The van der Waals surface area contributed by atoms with Gasteiger partial charge in [-0.3, -0.25) is 4.90 Å². The third-order valence-corrected chi connectivity index (χ3v) is 5.10. The van der Waals surface area contributed by atoms with E-state index in [1.165, 1.54) is 5.56 Å². The van der Waals surface area contributed by atoms with Crippen LogP contribution in [0.15, 0.2) is 48.5 Å². The van der Waals surface area contributed by atoms with E-state index in [0.717, 1.165) is 49.3 Å². The molecule has 1 aromatic heterocycles. The first kappa shape index (κ1) is 16.1. The number of nitrogens with zero attached hydrogens (tertiary/aromatic N) is 3. The third kappa shape index (κ3) is 3.25. The van der Waals surface area contributed by atoms with Crippen LogP contribution in [-0.4, -0.2) is 32.6 Å². The van der Waals surface area contributed by atoms with Gasteiger partial charge in [-0.1, -0.05) is 30.3 Å². The average Bonchev–Trinajstić information content (AvgIpc) is 3.01. The Morgan fingerprint density at radius 2 is 1.84 bits per heavy atom. The number of rotatable bonds is 4. The largest absolute Gasteiger partial charge is 0.399 e. The molecule has 2 heterocycles. The summed E-state index contributed by atoms with van der Waals surface area (Å²) in [4.78, 5) is 7.07. The molecule has 1 fully saturated rings. The summed E-state index contributed by atoms with van der Waals surface area (Å²) in [5.41, 5.74) is 9.89. The van der Waals surface area contributed by atoms with E-state index in [-0.39, 0.29) is 6.61 Å². The average molecular weight is 336 g/mol. The monoisotopic (exact) mass is 336 g/mol. The lowest BCUT2D eigenvalue weighted by Gasteiger charge is -2.33. The van der Waals surface area contributed by atoms with E-state index in [2.05, 4.69) is 44.8 Å². The minimum atomic E-state index is -0.0428. The summed E-state index contributed by atoms with van der Waals surface area (Å²) in [5, 5.41) is 9.74. The summed E-state index contributed by atoms with van der Waals surface area (Å²) in [7, 11) is 0. The van der Waals surface area contributed by atoms with Crippen LogP contribution in [0.2, 0.25) is 0 Å². The highest BCUT2D eigenvalue weighted by atomic mass is 16.3. The zero-order chi connectivity index (χ0) is 17.2. The highest BCUT2D eigenvalue weighted by Crippen LogP contribution is 2.30. The molecule has 3 N–H and O–H groups in total. The van der Waals surface area contributed by atoms with Gasteiger partial charge in [-0.25, -0.2) is 4.98 Å². The number of benzene rings is 2. The molecule has 2 aromatic carbocycles. The molecule has 3 aromatic rings. The van der Waals surface area contributed by atoms with Gasteiger partial charge in [0.25, 0.3) is 0 Å². The standard InChI is InChI=1S/C20H24N4O/c21-16-6-7-19-18(12-16)22-20(14-25)24(19)17-8-10-23(11-9-17)13-15-4-2-1-3-5-15/h1-7,12,17,25H,8-11,13-14,21H2. The molecule has 4 rings (SSSR count). The lowest BCUT2D eigenvalue weighted by Crippen LogP contribution is -2.34. The highest BCUT2D eigenvalue weighted by Gasteiger charge is 2.24. The van der Waals surface area contributed by atoms with Crippen molar-refractivity contribution in [3.05, 3.63) is 59.9 Å². The van der Waals surface area contributed by atoms with Gasteiger partial charge in [0.15, 0.2) is 0 Å². The van der Waals surface area contributed by atoms with Crippen LogP contribution < -0.4 is 5.73 Å². The molecule has 0 unspecified atom stereocenters. The normalized spacial score (nSPS) is 16.5. The molecule has 0 bridgehead atoms. The van der Waals surface area contributed by atoms with Crippen molar-refractivity contribution in [3.63, 3.8) is 0 Å². The number of nitrogen functional groups attached to an aromatic ring is 1. The molecule has 0 atom stereocenters. The molecule has 0 amide bonds. The molecule has 130 valence electrons. The molecular formula is C20H24N4O. The minimum Gasteiger partial charge on any atom is -0.399 e. The maximum absolute atomic E-state index is 9.74. The Labute approximate surface area is 147 Å². The topological polar surface area (TPSA) is 67.3 Å². The van der Waals surface area contributed by atoms with Crippen molar-refractivity contribution < 1.29 is 5.11 Å². The van der Waals surface area contributed by atoms with Gasteiger partial charge < -0.3 is 15.4 Å². The number of likely N-dealkylation sites (tertiary alicyclic amines) is 1. The van der Waals surface area contributed by atoms with Gasteiger partial charge in [-0.15, -0.1) is 0 Å². The van der Waals surface area contributed by atoms with Crippen LogP contribution in [0.1, 0.15) is 30.3 Å². The zero-order valence-corrected chi connectivity index (χ0v) is 14.3. The molecule has 5 heteroatoms. The Balaban J connectivity index is 1.51. The molecule has 0 radical (unpaired) electrons. The number of hydrogen-bond acceptors (Lipinski definition) is 4. The van der Waals surface area contributed by atoms with Crippen molar-refractivity contribution in [2.24, 2.45) is 0 Å². The molecule has 1 aliphatic heterocycles. The second-order valence-electron chi connectivity index (χ2n) is 6.80. The Hall–Kier alpha value is -2.37. The zero-order valence-electron chi connectivity index (χ0n) is 14.3. The Kier molecular flexibility index (Phi) is 4.42. The number of aromatic nitrogens is 2. The van der Waals surface area contributed by atoms with Crippen molar-refractivity contribution in [2.75, 3.05) is 18.8 Å². The lowest BCUT2D eigenvalue weighted by molar-refractivity contribution is 0.174. The van der Waals surface area contributed by atoms with Gasteiger partial charge in [0.05, 0.1) is 11.0 Å². The van der Waals surface area contributed by atoms with Crippen molar-refractivity contribution in [1.82, 2.24) is 14.5 Å². The molecule has 0 saturated carbocycles. The van der Waals surface area contributed by atoms with E-state index in [0.29, 0.717) is 11.7 Å². The summed E-state index contributed by atoms with van der Waals surface area (Å²) in [6.45, 7) is 3.07. The smallest absolute Gasteiger partial charge is 0.135 e. The number of nitrogens with two attached hydrogens (primary N) is 1. The molecular weight excluding hydrogens is 312 g/mol. The third-order valence-electron chi connectivity index (χ3n) is 5.10. The number of aliphatic hydroxyl groups is 1. The number of anilines is 1. The van der Waals surface area contributed by atoms with Gasteiger partial charge in [0, 0.05) is 31.4 Å². The Morgan fingerprint density at radius 3 is 2.56 bits per heavy atom. The predicted octanol–water partition coefficient (Wildman–Crippen LogP) is 2.95. The number of piperidine rings is 1. The molecule has 0 spiro atoms. The van der Waals surface area contributed by atoms with Gasteiger partial charge in [-0.2, -0.15) is 0 Å². The van der Waals surface area contributed by atoms with E-state index < -0.39 is 0 Å². The van der Waals surface area contributed by atoms with Crippen LogP contribution in [0.5, 0.6) is 0 Å². The van der Waals surface area contributed by atoms with Crippen molar-refractivity contribution in [1.29, 1.82) is 0 Å². The number of hydrogen-bond donors (Lipinski definition) is 2. The highest BCUT2D eigenvalue weighted by molar-refractivity contribution is 5.79. The van der Waals surface area contributed by atoms with Crippen molar-refractivity contribution in [2.45, 2.75) is 32.0 Å². The fourth-order valence-electron chi connectivity index (χ4n) is 3.86. The number of aliphatic hydroxyl groups excluding tert-OH is 1. The van der Waals surface area contributed by atoms with Crippen LogP contribution in [0, 0.1) is 0 Å². The first-order chi connectivity index (χ1) is 12.2. The second-order valence-corrected chi connectivity index (χ2v) is 6.80. The summed E-state index contributed by atoms with van der Waals surface area (Å²) >= 11 is 0. The number of fused-ring (bicyclic) bond motifs is 1. The molecule has 1 aliphatic rings. The quantitative estimate of drug-likeness (QED) is 0.719. The van der Waals surface area contributed by atoms with Gasteiger partial charge >= 0.3 is 0 Å². The van der Waals surface area contributed by atoms with Crippen molar-refractivity contribution in [3.8, 4) is 0 Å². The molecule has 0 aliphatic carbocycles. The van der Waals surface area contributed by atoms with E-state index in [9.17, 15) is 5.11 Å². The van der Waals surface area contributed by atoms with Crippen LogP contribution >= 0.6 is 0 Å². The summed E-state index contributed by atoms with van der Waals surface area (Å²) in [6, 6.07) is 16.8. The van der Waals surface area contributed by atoms with E-state index >= 15 is 0 Å². The minimum absolute atomic E-state index is 0.0428. The fraction of sp³-hybridized carbons (Fsp3) is 0.350. The van der Waals surface area contributed by atoms with E-state index in [1.807, 2.05) is 18.2 Å². The fourth-order valence-corrected chi connectivity index (χ4v) is 3.86. The van der Waals surface area contributed by atoms with Gasteiger partial charge in [0.2, 0.25) is 0 Å². The lowest BCUT2D eigenvalue weighted by atomic mass is 10.0. The van der Waals surface area contributed by atoms with Crippen molar-refractivity contribution >= 4 is 16.7 Å². The molecule has 25 heavy (non-hydrogen) atoms. The molecule has 5 nitrogen and oxygen atoms in total. The van der Waals surface area contributed by atoms with Gasteiger partial charge in [0.1, 0.15) is 12.4 Å². The summed E-state index contributed by atoms with van der Waals surface area (Å²) in [5.74, 6) is 0.738. The number of imidazole rings is 1. The van der Waals surface area contributed by atoms with Crippen LogP contribution in [0.4, 0.5) is 5.69 Å². The van der Waals surface area contributed by atoms with E-state index in [1.54, 1.807) is 0 Å². The SMILES string of the molecule is Nc1ccc2c(c1)nc(CO)n2C1CCN(Cc2ccccc2)CC1. The first-order valence-electron chi connectivity index (χ1n) is 8.88. The maximum atomic E-state index is 9.74. The van der Waals surface area contributed by atoms with Crippen LogP contribution in [0.25, 0.3) is 11.0 Å². The Morgan fingerprint density at radius 1 is 1.08 bits per heavy atom. The summed E-state index contributed by atoms with van der Waals surface area (Å²) in [6.07, 6.45) is 2.13.